The van der Waals surface area contributed by atoms with E-state index in [1.165, 1.54) is 45.4 Å². The predicted octanol–water partition coefficient (Wildman–Crippen LogP) is 1.99. The molecule has 398 valence electrons. The summed E-state index contributed by atoms with van der Waals surface area (Å²) in [5.41, 5.74) is 11.3. The van der Waals surface area contributed by atoms with E-state index >= 15 is 0 Å². The number of sulfonamides is 1. The van der Waals surface area contributed by atoms with Gasteiger partial charge >= 0.3 is 6.03 Å². The number of nitrogens with zero attached hydrogens (tertiary/aromatic N) is 3. The van der Waals surface area contributed by atoms with Gasteiger partial charge in [-0.3, -0.25) is 33.7 Å². The van der Waals surface area contributed by atoms with Crippen LogP contribution in [0.4, 0.5) is 10.5 Å². The number of primary amides is 1. The number of ether oxygens (including phenoxy) is 2. The minimum atomic E-state index is -4.44. The molecule has 0 radical (unpaired) electrons. The Morgan fingerprint density at radius 2 is 1.44 bits per heavy atom. The first kappa shape index (κ1) is 61.2. The van der Waals surface area contributed by atoms with Gasteiger partial charge in [0.2, 0.25) is 35.4 Å². The molecule has 1 heterocycles. The van der Waals surface area contributed by atoms with Crippen LogP contribution in [0.1, 0.15) is 101 Å². The average Bonchev–Trinajstić information content (AvgIpc) is 3.77. The Labute approximate surface area is 416 Å². The van der Waals surface area contributed by atoms with Crippen molar-refractivity contribution < 1.29 is 51.5 Å². The lowest BCUT2D eigenvalue weighted by atomic mass is 9.89. The first-order valence-electron chi connectivity index (χ1n) is 24.3. The van der Waals surface area contributed by atoms with Gasteiger partial charge < -0.3 is 52.0 Å². The summed E-state index contributed by atoms with van der Waals surface area (Å²) in [4.78, 5) is 97.8. The largest absolute Gasteiger partial charge is 0.379 e. The molecule has 0 aliphatic carbocycles. The van der Waals surface area contributed by atoms with Gasteiger partial charge in [0.05, 0.1) is 53.6 Å². The molecule has 1 aliphatic heterocycles. The molecule has 1 aromatic carbocycles. The minimum absolute atomic E-state index is 0.00467. The average molecular weight is 1010 g/mol. The molecule has 1 saturated heterocycles. The zero-order valence-electron chi connectivity index (χ0n) is 43.9. The molecule has 21 nitrogen and oxygen atoms in total. The van der Waals surface area contributed by atoms with E-state index in [9.17, 15) is 42.0 Å². The van der Waals surface area contributed by atoms with Gasteiger partial charge in [-0.2, -0.15) is 0 Å². The predicted molar refractivity (Wildman–Crippen MR) is 267 cm³/mol. The van der Waals surface area contributed by atoms with E-state index in [-0.39, 0.29) is 71.4 Å². The summed E-state index contributed by atoms with van der Waals surface area (Å²) in [6.45, 7) is 17.2. The molecule has 70 heavy (non-hydrogen) atoms. The molecule has 2 rings (SSSR count). The summed E-state index contributed by atoms with van der Waals surface area (Å²) in [7, 11) is 3.77. The van der Waals surface area contributed by atoms with Gasteiger partial charge in [-0.25, -0.2) is 17.9 Å². The number of benzene rings is 1. The smallest absolute Gasteiger partial charge is 0.312 e. The van der Waals surface area contributed by atoms with Crippen LogP contribution in [0.3, 0.4) is 0 Å². The number of urea groups is 1. The molecule has 0 spiro atoms. The lowest BCUT2D eigenvalue weighted by Gasteiger charge is -2.41. The van der Waals surface area contributed by atoms with Gasteiger partial charge in [0.15, 0.2) is 0 Å². The minimum Gasteiger partial charge on any atom is -0.379 e. The molecule has 9 N–H and O–H groups in total. The highest BCUT2D eigenvalue weighted by Crippen LogP contribution is 2.30. The van der Waals surface area contributed by atoms with Crippen molar-refractivity contribution in [2.75, 3.05) is 53.8 Å². The van der Waals surface area contributed by atoms with Crippen molar-refractivity contribution >= 4 is 57.2 Å². The molecule has 1 aromatic rings. The van der Waals surface area contributed by atoms with Crippen LogP contribution in [0.25, 0.3) is 0 Å². The standard InChI is InChI=1S/C48H84N10O11S/c1-15-30(8)41(57(12)47(64)39(28(4)5)54-46(63)40(29(6)7)56(10)11)36(68-13)26-37(59)58-25-17-19-35(58)42(69-14)31(9)43(60)55-70(66,67)33-22-20-32(21-23-33)52-44(61)34(18-16-24-51-48(50)65)53-45(62)38(49)27(2)3/h20-23,27-31,34-36,38-42H,15-19,24-26,49H2,1-14H3,(H,52,61)(H,53,62)(H,54,63)(H,55,60)(H3,50,51,65)/t30-,31-,34?,35?,36-,38?,39?,40?,41+,42-/m1/s1. The third-order valence-corrected chi connectivity index (χ3v) is 14.6. The second kappa shape index (κ2) is 28.2. The molecular formula is C48H84N10O11S. The number of anilines is 1. The van der Waals surface area contributed by atoms with Crippen LogP contribution < -0.4 is 37.5 Å². The van der Waals surface area contributed by atoms with E-state index < -0.39 is 88.2 Å². The zero-order chi connectivity index (χ0) is 53.4. The number of amides is 8. The number of hydrogen-bond acceptors (Lipinski definition) is 13. The summed E-state index contributed by atoms with van der Waals surface area (Å²) in [6, 6.07) is -0.0363. The number of methoxy groups -OCH3 is 2. The van der Waals surface area contributed by atoms with Crippen molar-refractivity contribution in [3.63, 3.8) is 0 Å². The van der Waals surface area contributed by atoms with E-state index in [0.717, 1.165) is 0 Å². The zero-order valence-corrected chi connectivity index (χ0v) is 44.7. The molecular weight excluding hydrogens is 925 g/mol. The number of hydrogen-bond donors (Lipinski definition) is 7. The van der Waals surface area contributed by atoms with Crippen LogP contribution in [-0.2, 0) is 48.3 Å². The fraction of sp³-hybridized carbons (Fsp3) is 0.729. The summed E-state index contributed by atoms with van der Waals surface area (Å²) in [5, 5.41) is 10.7. The fourth-order valence-electron chi connectivity index (χ4n) is 9.00. The maximum atomic E-state index is 14.3. The quantitative estimate of drug-likeness (QED) is 0.0592. The second-order valence-corrected chi connectivity index (χ2v) is 21.4. The summed E-state index contributed by atoms with van der Waals surface area (Å²) < 4.78 is 41.1. The maximum absolute atomic E-state index is 14.3. The summed E-state index contributed by atoms with van der Waals surface area (Å²) >= 11 is 0. The van der Waals surface area contributed by atoms with Crippen molar-refractivity contribution in [2.24, 2.45) is 41.1 Å². The Balaban J connectivity index is 2.25. The first-order valence-corrected chi connectivity index (χ1v) is 25.8. The highest BCUT2D eigenvalue weighted by molar-refractivity contribution is 7.90. The third-order valence-electron chi connectivity index (χ3n) is 13.2. The van der Waals surface area contributed by atoms with Crippen molar-refractivity contribution in [2.45, 2.75) is 154 Å². The van der Waals surface area contributed by atoms with Crippen molar-refractivity contribution in [1.82, 2.24) is 35.4 Å². The number of carbonyl (C=O) groups excluding carboxylic acids is 7. The molecule has 0 aromatic heterocycles. The van der Waals surface area contributed by atoms with Crippen LogP contribution in [0.15, 0.2) is 29.2 Å². The van der Waals surface area contributed by atoms with Crippen molar-refractivity contribution in [3.05, 3.63) is 24.3 Å². The number of likely N-dealkylation sites (N-methyl/N-ethyl adjacent to an activating group) is 2. The van der Waals surface area contributed by atoms with Crippen LogP contribution in [0.2, 0.25) is 0 Å². The highest BCUT2D eigenvalue weighted by atomic mass is 32.2. The molecule has 1 fully saturated rings. The normalized spacial score (nSPS) is 18.0. The summed E-state index contributed by atoms with van der Waals surface area (Å²) in [6.07, 6.45) is 0.401. The van der Waals surface area contributed by atoms with Crippen LogP contribution in [0, 0.1) is 29.6 Å². The van der Waals surface area contributed by atoms with E-state index in [2.05, 4.69) is 26.0 Å². The van der Waals surface area contributed by atoms with Gasteiger partial charge in [-0.15, -0.1) is 0 Å². The SMILES string of the molecule is CC[C@@H](C)[C@@H]([C@@H](CC(=O)N1CCCC1[C@H](OC)[C@@H](C)C(=O)NS(=O)(=O)c1ccc(NC(=O)C(CCCNC(N)=O)NC(=O)C(N)C(C)C)cc1)OC)N(C)C(=O)C(NC(=O)C(C(C)C)N(C)C)C(C)C. The molecule has 22 heteroatoms. The Morgan fingerprint density at radius 1 is 0.829 bits per heavy atom. The number of rotatable bonds is 28. The molecule has 8 amide bonds. The van der Waals surface area contributed by atoms with E-state index in [1.54, 1.807) is 30.7 Å². The fourth-order valence-corrected chi connectivity index (χ4v) is 10.1. The number of likely N-dealkylation sites (tertiary alicyclic amines) is 1. The first-order chi connectivity index (χ1) is 32.6. The van der Waals surface area contributed by atoms with Crippen LogP contribution in [0.5, 0.6) is 0 Å². The number of carbonyl (C=O) groups is 7. The number of nitrogens with one attached hydrogen (secondary N) is 5. The molecule has 0 saturated carbocycles. The van der Waals surface area contributed by atoms with E-state index in [1.807, 2.05) is 60.5 Å². The third kappa shape index (κ3) is 17.2. The number of nitrogens with two attached hydrogens (primary N) is 2. The van der Waals surface area contributed by atoms with Gasteiger partial charge in [-0.05, 0) is 87.7 Å². The Bertz CT molecular complexity index is 2010. The van der Waals surface area contributed by atoms with Crippen molar-refractivity contribution in [1.29, 1.82) is 0 Å². The molecule has 5 unspecified atom stereocenters. The highest BCUT2D eigenvalue weighted by Gasteiger charge is 2.43. The Hall–Kier alpha value is -4.90. The lowest BCUT2D eigenvalue weighted by molar-refractivity contribution is -0.148. The van der Waals surface area contributed by atoms with Gasteiger partial charge in [-0.1, -0.05) is 68.7 Å². The molecule has 0 bridgehead atoms. The Morgan fingerprint density at radius 3 is 1.94 bits per heavy atom. The van der Waals surface area contributed by atoms with Crippen LogP contribution in [-0.4, -0.2) is 162 Å². The van der Waals surface area contributed by atoms with E-state index in [0.29, 0.717) is 32.2 Å². The van der Waals surface area contributed by atoms with E-state index in [4.69, 9.17) is 20.9 Å². The Kier molecular flexibility index (Phi) is 24.7. The monoisotopic (exact) mass is 1010 g/mol. The van der Waals surface area contributed by atoms with Gasteiger partial charge in [0, 0.05) is 40.0 Å². The topological polar surface area (TPSA) is 294 Å². The second-order valence-electron chi connectivity index (χ2n) is 19.7. The lowest BCUT2D eigenvalue weighted by Crippen LogP contribution is -2.59. The maximum Gasteiger partial charge on any atom is 0.312 e. The van der Waals surface area contributed by atoms with Gasteiger partial charge in [0.1, 0.15) is 12.1 Å². The van der Waals surface area contributed by atoms with Crippen molar-refractivity contribution in [3.8, 4) is 0 Å². The molecule has 1 aliphatic rings. The molecule has 10 atom stereocenters. The van der Waals surface area contributed by atoms with Crippen LogP contribution >= 0.6 is 0 Å². The van der Waals surface area contributed by atoms with Gasteiger partial charge in [0.25, 0.3) is 10.0 Å². The summed E-state index contributed by atoms with van der Waals surface area (Å²) in [5.74, 6) is -4.48.